The predicted molar refractivity (Wildman–Crippen MR) is 75.1 cm³/mol. The summed E-state index contributed by atoms with van der Waals surface area (Å²) in [7, 11) is 0. The van der Waals surface area contributed by atoms with E-state index in [2.05, 4.69) is 18.7 Å². The lowest BCUT2D eigenvalue weighted by molar-refractivity contribution is -0.384. The van der Waals surface area contributed by atoms with Crippen molar-refractivity contribution in [3.8, 4) is 0 Å². The van der Waals surface area contributed by atoms with Gasteiger partial charge < -0.3 is 4.90 Å². The van der Waals surface area contributed by atoms with Crippen LogP contribution in [0.4, 0.5) is 11.4 Å². The Morgan fingerprint density at radius 1 is 1.11 bits per heavy atom. The Hall–Kier alpha value is -1.58. The Kier molecular flexibility index (Phi) is 6.19. The van der Waals surface area contributed by atoms with Crippen molar-refractivity contribution in [3.63, 3.8) is 0 Å². The highest BCUT2D eigenvalue weighted by Crippen LogP contribution is 2.28. The number of rotatable bonds is 8. The van der Waals surface area contributed by atoms with Crippen LogP contribution in [0.2, 0.25) is 0 Å². The number of nitro groups is 1. The van der Waals surface area contributed by atoms with E-state index in [-0.39, 0.29) is 10.6 Å². The van der Waals surface area contributed by atoms with E-state index in [1.165, 1.54) is 0 Å². The van der Waals surface area contributed by atoms with E-state index in [0.717, 1.165) is 44.5 Å². The molecule has 0 spiro atoms. The molecule has 0 aliphatic carbocycles. The van der Waals surface area contributed by atoms with Crippen LogP contribution in [0.3, 0.4) is 0 Å². The van der Waals surface area contributed by atoms with Crippen LogP contribution in [0.1, 0.15) is 39.5 Å². The van der Waals surface area contributed by atoms with E-state index < -0.39 is 0 Å². The van der Waals surface area contributed by atoms with E-state index >= 15 is 0 Å². The fourth-order valence-corrected chi connectivity index (χ4v) is 1.94. The molecule has 0 atom stereocenters. The van der Waals surface area contributed by atoms with E-state index in [1.54, 1.807) is 12.1 Å². The quantitative estimate of drug-likeness (QED) is 0.517. The van der Waals surface area contributed by atoms with Crippen LogP contribution in [0.15, 0.2) is 24.3 Å². The first-order valence-corrected chi connectivity index (χ1v) is 6.69. The molecule has 0 aliphatic rings. The average molecular weight is 250 g/mol. The van der Waals surface area contributed by atoms with Gasteiger partial charge in [0.05, 0.1) is 4.92 Å². The zero-order valence-corrected chi connectivity index (χ0v) is 11.3. The van der Waals surface area contributed by atoms with E-state index in [0.29, 0.717) is 0 Å². The minimum atomic E-state index is -0.291. The molecule has 1 aromatic carbocycles. The molecule has 0 aliphatic heterocycles. The smallest absolute Gasteiger partial charge is 0.292 e. The molecule has 0 aromatic heterocycles. The third kappa shape index (κ3) is 4.02. The second kappa shape index (κ2) is 7.69. The summed E-state index contributed by atoms with van der Waals surface area (Å²) in [5.41, 5.74) is 0.967. The van der Waals surface area contributed by atoms with Gasteiger partial charge in [-0.1, -0.05) is 38.8 Å². The standard InChI is InChI=1S/C14H22N2O2/c1-3-5-11-15(12-6-4-2)13-9-7-8-10-14(13)16(17)18/h7-10H,3-6,11-12H2,1-2H3. The average Bonchev–Trinajstić information content (AvgIpc) is 2.39. The molecule has 1 rings (SSSR count). The normalized spacial score (nSPS) is 10.3. The Balaban J connectivity index is 2.92. The second-order valence-corrected chi connectivity index (χ2v) is 4.44. The minimum absolute atomic E-state index is 0.213. The van der Waals surface area contributed by atoms with E-state index in [4.69, 9.17) is 0 Å². The Morgan fingerprint density at radius 2 is 1.67 bits per heavy atom. The lowest BCUT2D eigenvalue weighted by atomic mass is 10.2. The van der Waals surface area contributed by atoms with E-state index in [1.807, 2.05) is 12.1 Å². The van der Waals surface area contributed by atoms with Gasteiger partial charge in [0.25, 0.3) is 5.69 Å². The summed E-state index contributed by atoms with van der Waals surface area (Å²) in [6.07, 6.45) is 4.33. The van der Waals surface area contributed by atoms with Crippen LogP contribution in [0.5, 0.6) is 0 Å². The summed E-state index contributed by atoms with van der Waals surface area (Å²) < 4.78 is 0. The number of hydrogen-bond acceptors (Lipinski definition) is 3. The maximum atomic E-state index is 11.1. The van der Waals surface area contributed by atoms with Crippen molar-refractivity contribution >= 4 is 11.4 Å². The Bertz CT molecular complexity index is 372. The molecular formula is C14H22N2O2. The number of benzene rings is 1. The Morgan fingerprint density at radius 3 is 2.17 bits per heavy atom. The molecular weight excluding hydrogens is 228 g/mol. The zero-order chi connectivity index (χ0) is 13.4. The highest BCUT2D eigenvalue weighted by atomic mass is 16.6. The van der Waals surface area contributed by atoms with Crippen molar-refractivity contribution in [3.05, 3.63) is 34.4 Å². The number of hydrogen-bond donors (Lipinski definition) is 0. The molecule has 4 nitrogen and oxygen atoms in total. The first-order valence-electron chi connectivity index (χ1n) is 6.69. The van der Waals surface area contributed by atoms with Crippen LogP contribution in [-0.4, -0.2) is 18.0 Å². The summed E-state index contributed by atoms with van der Waals surface area (Å²) in [6, 6.07) is 7.02. The Labute approximate surface area is 109 Å². The fraction of sp³-hybridized carbons (Fsp3) is 0.571. The van der Waals surface area contributed by atoms with Crippen molar-refractivity contribution in [2.45, 2.75) is 39.5 Å². The molecule has 18 heavy (non-hydrogen) atoms. The SMILES string of the molecule is CCCCN(CCCC)c1ccccc1[N+](=O)[O-]. The van der Waals surface area contributed by atoms with Crippen LogP contribution in [-0.2, 0) is 0 Å². The summed E-state index contributed by atoms with van der Waals surface area (Å²) in [5.74, 6) is 0. The summed E-state index contributed by atoms with van der Waals surface area (Å²) in [6.45, 7) is 6.05. The first kappa shape index (κ1) is 14.5. The lowest BCUT2D eigenvalue weighted by Gasteiger charge is -2.24. The minimum Gasteiger partial charge on any atom is -0.366 e. The number of nitrogens with zero attached hydrogens (tertiary/aromatic N) is 2. The van der Waals surface area contributed by atoms with Gasteiger partial charge in [0, 0.05) is 19.2 Å². The molecule has 0 N–H and O–H groups in total. The second-order valence-electron chi connectivity index (χ2n) is 4.44. The van der Waals surface area contributed by atoms with Crippen molar-refractivity contribution < 1.29 is 4.92 Å². The van der Waals surface area contributed by atoms with Gasteiger partial charge in [-0.3, -0.25) is 10.1 Å². The number of anilines is 1. The van der Waals surface area contributed by atoms with Gasteiger partial charge in [0.1, 0.15) is 5.69 Å². The van der Waals surface area contributed by atoms with Crippen LogP contribution < -0.4 is 4.90 Å². The highest BCUT2D eigenvalue weighted by molar-refractivity contribution is 5.62. The molecule has 4 heteroatoms. The number of unbranched alkanes of at least 4 members (excludes halogenated alkanes) is 2. The van der Waals surface area contributed by atoms with Gasteiger partial charge in [-0.25, -0.2) is 0 Å². The van der Waals surface area contributed by atoms with Gasteiger partial charge in [-0.15, -0.1) is 0 Å². The van der Waals surface area contributed by atoms with Gasteiger partial charge in [0.2, 0.25) is 0 Å². The molecule has 0 amide bonds. The molecule has 1 aromatic rings. The molecule has 0 unspecified atom stereocenters. The third-order valence-electron chi connectivity index (χ3n) is 2.98. The van der Waals surface area contributed by atoms with E-state index in [9.17, 15) is 10.1 Å². The van der Waals surface area contributed by atoms with Crippen LogP contribution >= 0.6 is 0 Å². The maximum Gasteiger partial charge on any atom is 0.292 e. The molecule has 0 heterocycles. The number of para-hydroxylation sites is 2. The van der Waals surface area contributed by atoms with Crippen molar-refractivity contribution in [2.75, 3.05) is 18.0 Å². The maximum absolute atomic E-state index is 11.1. The first-order chi connectivity index (χ1) is 8.70. The lowest BCUT2D eigenvalue weighted by Crippen LogP contribution is -2.26. The highest BCUT2D eigenvalue weighted by Gasteiger charge is 2.17. The molecule has 0 fully saturated rings. The molecule has 0 saturated carbocycles. The monoisotopic (exact) mass is 250 g/mol. The summed E-state index contributed by atoms with van der Waals surface area (Å²) >= 11 is 0. The van der Waals surface area contributed by atoms with Crippen LogP contribution in [0.25, 0.3) is 0 Å². The van der Waals surface area contributed by atoms with Crippen LogP contribution in [0, 0.1) is 10.1 Å². The van der Waals surface area contributed by atoms with Gasteiger partial charge in [-0.05, 0) is 18.9 Å². The van der Waals surface area contributed by atoms with Crippen molar-refractivity contribution in [2.24, 2.45) is 0 Å². The molecule has 100 valence electrons. The topological polar surface area (TPSA) is 46.4 Å². The van der Waals surface area contributed by atoms with Crippen molar-refractivity contribution in [1.29, 1.82) is 0 Å². The largest absolute Gasteiger partial charge is 0.366 e. The summed E-state index contributed by atoms with van der Waals surface area (Å²) in [4.78, 5) is 12.9. The predicted octanol–water partition coefficient (Wildman–Crippen LogP) is 4.00. The van der Waals surface area contributed by atoms with Gasteiger partial charge in [0.15, 0.2) is 0 Å². The molecule has 0 radical (unpaired) electrons. The molecule has 0 bridgehead atoms. The molecule has 0 saturated heterocycles. The van der Waals surface area contributed by atoms with Crippen molar-refractivity contribution in [1.82, 2.24) is 0 Å². The van der Waals surface area contributed by atoms with Gasteiger partial charge in [-0.2, -0.15) is 0 Å². The summed E-state index contributed by atoms with van der Waals surface area (Å²) in [5, 5.41) is 11.1. The fourth-order valence-electron chi connectivity index (χ4n) is 1.94. The zero-order valence-electron chi connectivity index (χ0n) is 11.3. The third-order valence-corrected chi connectivity index (χ3v) is 2.98. The van der Waals surface area contributed by atoms with Gasteiger partial charge >= 0.3 is 0 Å². The number of nitro benzene ring substituents is 1.